The van der Waals surface area contributed by atoms with Gasteiger partial charge in [0.25, 0.3) is 6.33 Å². The first-order valence-electron chi connectivity index (χ1n) is 11.3. The number of hydrogen-bond acceptors (Lipinski definition) is 9. The summed E-state index contributed by atoms with van der Waals surface area (Å²) in [6.07, 6.45) is 4.63. The van der Waals surface area contributed by atoms with Gasteiger partial charge in [0.1, 0.15) is 6.20 Å². The van der Waals surface area contributed by atoms with Crippen LogP contribution < -0.4 is 15.0 Å². The van der Waals surface area contributed by atoms with Crippen LogP contribution >= 0.6 is 23.1 Å². The summed E-state index contributed by atoms with van der Waals surface area (Å²) >= 11 is 2.86. The Bertz CT molecular complexity index is 1420. The minimum atomic E-state index is -1.41. The summed E-state index contributed by atoms with van der Waals surface area (Å²) in [5.41, 5.74) is 3.42. The molecule has 1 aromatic carbocycles. The van der Waals surface area contributed by atoms with Crippen LogP contribution in [0.4, 0.5) is 5.69 Å². The number of imidazole rings is 1. The predicted octanol–water partition coefficient (Wildman–Crippen LogP) is 1.01. The molecule has 2 aliphatic heterocycles. The number of nitrogens with one attached hydrogen (secondary N) is 1. The topological polar surface area (TPSA) is 139 Å². The summed E-state index contributed by atoms with van der Waals surface area (Å²) in [6.45, 7) is 3.52. The van der Waals surface area contributed by atoms with Crippen molar-refractivity contribution in [3.63, 3.8) is 0 Å². The number of thiazole rings is 1. The number of aliphatic carboxylic acids is 1. The Hall–Kier alpha value is -3.19. The third-order valence-corrected chi connectivity index (χ3v) is 8.97. The van der Waals surface area contributed by atoms with Gasteiger partial charge in [-0.1, -0.05) is 30.0 Å². The number of carboxylic acids is 1. The molecule has 0 unspecified atom stereocenters. The van der Waals surface area contributed by atoms with Crippen molar-refractivity contribution < 1.29 is 34.2 Å². The van der Waals surface area contributed by atoms with Gasteiger partial charge in [-0.3, -0.25) is 20.3 Å². The minimum absolute atomic E-state index is 0.100. The number of nitrogens with zero attached hydrogens (tertiary/aromatic N) is 3. The third kappa shape index (κ3) is 3.63. The van der Waals surface area contributed by atoms with Crippen molar-refractivity contribution in [1.82, 2.24) is 9.47 Å². The molecule has 0 radical (unpaired) electrons. The quantitative estimate of drug-likeness (QED) is 0.129. The average Bonchev–Trinajstić information content (AvgIpc) is 3.45. The smallest absolute Gasteiger partial charge is 0.251 e. The van der Waals surface area contributed by atoms with E-state index in [4.69, 9.17) is 5.21 Å². The SMILES string of the molecule is CSc1c2sc(C3=C(C(=O)[O-])N4C(=O)[C@H]([C@@H](C)O)[C@H]4[C@H]3C)c[n+]2cn1CC(=O)c1ccc(NO)cc1. The van der Waals surface area contributed by atoms with Gasteiger partial charge >= 0.3 is 0 Å². The van der Waals surface area contributed by atoms with Gasteiger partial charge in [-0.05, 0) is 37.4 Å². The monoisotopic (exact) mass is 528 g/mol. The Labute approximate surface area is 214 Å². The van der Waals surface area contributed by atoms with Gasteiger partial charge in [0.15, 0.2) is 6.54 Å². The molecule has 0 saturated carbocycles. The van der Waals surface area contributed by atoms with E-state index in [2.05, 4.69) is 0 Å². The van der Waals surface area contributed by atoms with E-state index in [1.54, 1.807) is 37.5 Å². The number of carbonyl (C=O) groups excluding carboxylic acids is 3. The van der Waals surface area contributed by atoms with Gasteiger partial charge in [0, 0.05) is 17.1 Å². The van der Waals surface area contributed by atoms with Crippen molar-refractivity contribution in [3.05, 3.63) is 52.9 Å². The molecule has 0 bridgehead atoms. The van der Waals surface area contributed by atoms with Crippen LogP contribution in [0.2, 0.25) is 0 Å². The Balaban J connectivity index is 1.49. The highest BCUT2D eigenvalue weighted by atomic mass is 32.2. The van der Waals surface area contributed by atoms with Gasteiger partial charge in [-0.25, -0.2) is 4.57 Å². The van der Waals surface area contributed by atoms with Crippen molar-refractivity contribution in [2.24, 2.45) is 11.8 Å². The second-order valence-corrected chi connectivity index (χ2v) is 10.8. The number of carbonyl (C=O) groups is 3. The van der Waals surface area contributed by atoms with Gasteiger partial charge in [-0.15, -0.1) is 0 Å². The normalized spacial score (nSPS) is 22.1. The van der Waals surface area contributed by atoms with E-state index in [-0.39, 0.29) is 23.9 Å². The van der Waals surface area contributed by atoms with Crippen LogP contribution in [0.1, 0.15) is 29.1 Å². The maximum atomic E-state index is 12.9. The zero-order valence-electron chi connectivity index (χ0n) is 19.7. The number of thioether (sulfide) groups is 1. The molecule has 10 nitrogen and oxygen atoms in total. The number of aliphatic hydroxyl groups excluding tert-OH is 1. The number of amides is 1. The zero-order valence-corrected chi connectivity index (χ0v) is 21.3. The number of aliphatic hydroxyl groups is 1. The fourth-order valence-electron chi connectivity index (χ4n) is 5.24. The molecule has 0 aliphatic carbocycles. The van der Waals surface area contributed by atoms with E-state index in [9.17, 15) is 24.6 Å². The van der Waals surface area contributed by atoms with Crippen LogP contribution in [0.5, 0.6) is 0 Å². The fourth-order valence-corrected chi connectivity index (χ4v) is 7.41. The molecule has 36 heavy (non-hydrogen) atoms. The van der Waals surface area contributed by atoms with Gasteiger partial charge in [0.2, 0.25) is 21.5 Å². The van der Waals surface area contributed by atoms with Crippen LogP contribution in [-0.4, -0.2) is 55.8 Å². The maximum Gasteiger partial charge on any atom is 0.251 e. The van der Waals surface area contributed by atoms with Crippen molar-refractivity contribution in [2.75, 3.05) is 11.7 Å². The van der Waals surface area contributed by atoms with E-state index in [1.807, 2.05) is 33.8 Å². The molecule has 3 aromatic rings. The number of benzene rings is 1. The van der Waals surface area contributed by atoms with Crippen molar-refractivity contribution in [1.29, 1.82) is 0 Å². The highest BCUT2D eigenvalue weighted by molar-refractivity contribution is 7.98. The lowest BCUT2D eigenvalue weighted by atomic mass is 9.77. The minimum Gasteiger partial charge on any atom is -0.543 e. The lowest BCUT2D eigenvalue weighted by Crippen LogP contribution is -2.64. The standard InChI is InChI=1S/C24H24N4O6S2/c1-11-17(20(24(32)33)28-19(11)18(12(2)29)21(28)31)16-9-27-10-26(22(35-3)23(27)36-16)8-15(30)13-4-6-14(25-34)7-5-13/h4-7,9-12,18-19,29H,8H2,1-3H3,(H2-,25,30,32,33,34)/t11-,12+,18+,19+/m0/s1. The molecular formula is C24H24N4O6S2. The van der Waals surface area contributed by atoms with Gasteiger partial charge in [-0.2, -0.15) is 4.40 Å². The third-order valence-electron chi connectivity index (χ3n) is 6.88. The number of Topliss-reactive ketones (excluding diaryl/α,β-unsaturated/α-hetero) is 1. The van der Waals surface area contributed by atoms with Crippen LogP contribution in [0, 0.1) is 11.8 Å². The van der Waals surface area contributed by atoms with Gasteiger partial charge in [0.05, 0.1) is 40.3 Å². The van der Waals surface area contributed by atoms with Crippen LogP contribution in [0.3, 0.4) is 0 Å². The van der Waals surface area contributed by atoms with Crippen molar-refractivity contribution >= 4 is 56.8 Å². The van der Waals surface area contributed by atoms with E-state index in [0.29, 0.717) is 21.7 Å². The number of aromatic nitrogens is 2. The molecule has 4 atom stereocenters. The average molecular weight is 529 g/mol. The molecule has 2 aromatic heterocycles. The summed E-state index contributed by atoms with van der Waals surface area (Å²) < 4.78 is 3.70. The highest BCUT2D eigenvalue weighted by Gasteiger charge is 2.59. The lowest BCUT2D eigenvalue weighted by molar-refractivity contribution is -0.508. The van der Waals surface area contributed by atoms with Crippen molar-refractivity contribution in [2.45, 2.75) is 37.6 Å². The Morgan fingerprint density at radius 1 is 1.31 bits per heavy atom. The first-order chi connectivity index (χ1) is 17.2. The number of ketones is 1. The van der Waals surface area contributed by atoms with Gasteiger partial charge < -0.3 is 19.9 Å². The van der Waals surface area contributed by atoms with E-state index in [0.717, 1.165) is 9.86 Å². The number of fused-ring (bicyclic) bond motifs is 2. The van der Waals surface area contributed by atoms with E-state index in [1.165, 1.54) is 28.0 Å². The predicted molar refractivity (Wildman–Crippen MR) is 130 cm³/mol. The summed E-state index contributed by atoms with van der Waals surface area (Å²) in [5, 5.41) is 32.0. The second-order valence-electron chi connectivity index (χ2n) is 8.98. The zero-order chi connectivity index (χ0) is 25.9. The second kappa shape index (κ2) is 9.04. The molecule has 0 spiro atoms. The first-order valence-corrected chi connectivity index (χ1v) is 13.3. The van der Waals surface area contributed by atoms with Crippen LogP contribution in [0.15, 0.2) is 47.5 Å². The van der Waals surface area contributed by atoms with Crippen LogP contribution in [-0.2, 0) is 16.1 Å². The number of β-lactam (4-membered cyclic amide) rings is 1. The molecule has 1 amide bonds. The molecule has 4 heterocycles. The maximum absolute atomic E-state index is 12.9. The largest absolute Gasteiger partial charge is 0.543 e. The molecule has 1 fully saturated rings. The number of rotatable bonds is 8. The number of hydrogen-bond donors (Lipinski definition) is 3. The Kier molecular flexibility index (Phi) is 6.15. The first kappa shape index (κ1) is 24.5. The number of carboxylic acid groups (broad SMARTS) is 1. The van der Waals surface area contributed by atoms with Crippen molar-refractivity contribution in [3.8, 4) is 0 Å². The molecular weight excluding hydrogens is 504 g/mol. The molecule has 1 saturated heterocycles. The molecule has 3 N–H and O–H groups in total. The summed E-state index contributed by atoms with van der Waals surface area (Å²) in [5.74, 6) is -2.85. The Morgan fingerprint density at radius 2 is 2.00 bits per heavy atom. The highest BCUT2D eigenvalue weighted by Crippen LogP contribution is 2.51. The molecule has 5 rings (SSSR count). The molecule has 188 valence electrons. The summed E-state index contributed by atoms with van der Waals surface area (Å²) in [4.78, 5) is 40.4. The number of anilines is 1. The fraction of sp³-hybridized carbons (Fsp3) is 0.333. The molecule has 12 heteroatoms. The van der Waals surface area contributed by atoms with E-state index >= 15 is 0 Å². The van der Waals surface area contributed by atoms with E-state index < -0.39 is 29.9 Å². The summed E-state index contributed by atoms with van der Waals surface area (Å²) in [7, 11) is 0. The summed E-state index contributed by atoms with van der Waals surface area (Å²) in [6, 6.07) is 6.07. The lowest BCUT2D eigenvalue weighted by Gasteiger charge is -2.47. The Morgan fingerprint density at radius 3 is 2.58 bits per heavy atom. The molecule has 2 aliphatic rings. The van der Waals surface area contributed by atoms with Crippen LogP contribution in [0.25, 0.3) is 10.4 Å².